The first-order valence-corrected chi connectivity index (χ1v) is 2.36. The molecule has 0 aromatic heterocycles. The molecule has 0 unspecified atom stereocenters. The zero-order chi connectivity index (χ0) is 4.95. The molecule has 0 atom stereocenters. The van der Waals surface area contributed by atoms with Crippen molar-refractivity contribution >= 4 is 6.40 Å². The van der Waals surface area contributed by atoms with Crippen molar-refractivity contribution in [2.45, 2.75) is 6.42 Å². The zero-order valence-electron chi connectivity index (χ0n) is 4.05. The molecular weight excluding hydrogens is 92.1 g/mol. The molecule has 1 N–H and O–H groups in total. The summed E-state index contributed by atoms with van der Waals surface area (Å²) in [6.07, 6.45) is 2.48. The monoisotopic (exact) mass is 100 g/mol. The Hall–Kier alpha value is -0.730. The summed E-state index contributed by atoms with van der Waals surface area (Å²) in [6, 6.07) is 0. The molecule has 0 spiro atoms. The molecule has 0 aromatic carbocycles. The maximum Gasteiger partial charge on any atom is 0.192 e. The van der Waals surface area contributed by atoms with E-state index in [1.165, 1.54) is 6.40 Å². The van der Waals surface area contributed by atoms with Gasteiger partial charge in [0.1, 0.15) is 0 Å². The maximum atomic E-state index is 4.84. The molecule has 1 heterocycles. The third-order valence-corrected chi connectivity index (χ3v) is 0.769. The highest BCUT2D eigenvalue weighted by Crippen LogP contribution is 1.80. The van der Waals surface area contributed by atoms with E-state index in [-0.39, 0.29) is 0 Å². The van der Waals surface area contributed by atoms with Gasteiger partial charge in [0.15, 0.2) is 6.40 Å². The van der Waals surface area contributed by atoms with Gasteiger partial charge in [0.25, 0.3) is 0 Å². The fourth-order valence-corrected chi connectivity index (χ4v) is 0.426. The van der Waals surface area contributed by atoms with Crippen LogP contribution in [0.25, 0.3) is 0 Å². The van der Waals surface area contributed by atoms with E-state index in [4.69, 9.17) is 4.74 Å². The summed E-state index contributed by atoms with van der Waals surface area (Å²) in [6.45, 7) is 1.72. The topological polar surface area (TPSA) is 33.6 Å². The van der Waals surface area contributed by atoms with Crippen molar-refractivity contribution in [3.63, 3.8) is 0 Å². The summed E-state index contributed by atoms with van der Waals surface area (Å²) in [5, 5.41) is 3.67. The highest BCUT2D eigenvalue weighted by atomic mass is 16.5. The molecule has 1 aliphatic heterocycles. The van der Waals surface area contributed by atoms with E-state index in [1.54, 1.807) is 0 Å². The molecule has 1 aliphatic rings. The van der Waals surface area contributed by atoms with Gasteiger partial charge in [-0.1, -0.05) is 0 Å². The summed E-state index contributed by atoms with van der Waals surface area (Å²) in [5.41, 5.74) is 2.79. The van der Waals surface area contributed by atoms with Crippen molar-refractivity contribution in [2.75, 3.05) is 13.2 Å². The van der Waals surface area contributed by atoms with Gasteiger partial charge in [-0.25, -0.2) is 0 Å². The normalized spacial score (nSPS) is 19.4. The molecule has 0 radical (unpaired) electrons. The SMILES string of the molecule is C1=NNCCCO1. The van der Waals surface area contributed by atoms with E-state index < -0.39 is 0 Å². The van der Waals surface area contributed by atoms with Gasteiger partial charge >= 0.3 is 0 Å². The second-order valence-corrected chi connectivity index (χ2v) is 1.37. The number of ether oxygens (including phenoxy) is 1. The number of hydrazone groups is 1. The Morgan fingerprint density at radius 3 is 3.71 bits per heavy atom. The van der Waals surface area contributed by atoms with Crippen LogP contribution in [0.15, 0.2) is 5.10 Å². The van der Waals surface area contributed by atoms with E-state index in [0.717, 1.165) is 19.6 Å². The minimum Gasteiger partial charge on any atom is -0.482 e. The predicted octanol–water partition coefficient (Wildman–Crippen LogP) is -0.0604. The lowest BCUT2D eigenvalue weighted by Gasteiger charge is -1.89. The van der Waals surface area contributed by atoms with Crippen molar-refractivity contribution in [1.29, 1.82) is 0 Å². The molecule has 3 heteroatoms. The Labute approximate surface area is 42.4 Å². The molecule has 0 saturated carbocycles. The number of hydrogen-bond donors (Lipinski definition) is 1. The molecule has 7 heavy (non-hydrogen) atoms. The van der Waals surface area contributed by atoms with Gasteiger partial charge in [-0.15, -0.1) is 0 Å². The van der Waals surface area contributed by atoms with Crippen LogP contribution < -0.4 is 5.43 Å². The van der Waals surface area contributed by atoms with E-state index in [2.05, 4.69) is 10.5 Å². The highest BCUT2D eigenvalue weighted by Gasteiger charge is 1.87. The summed E-state index contributed by atoms with van der Waals surface area (Å²) in [5.74, 6) is 0. The van der Waals surface area contributed by atoms with Gasteiger partial charge in [0, 0.05) is 13.0 Å². The lowest BCUT2D eigenvalue weighted by molar-refractivity contribution is 0.322. The molecule has 0 aliphatic carbocycles. The second-order valence-electron chi connectivity index (χ2n) is 1.37. The van der Waals surface area contributed by atoms with Crippen LogP contribution in [-0.2, 0) is 4.74 Å². The summed E-state index contributed by atoms with van der Waals surface area (Å²) in [4.78, 5) is 0. The van der Waals surface area contributed by atoms with Gasteiger partial charge in [-0.05, 0) is 0 Å². The highest BCUT2D eigenvalue weighted by molar-refractivity contribution is 5.45. The number of nitrogens with zero attached hydrogens (tertiary/aromatic N) is 1. The Bertz CT molecular complexity index is 64.1. The van der Waals surface area contributed by atoms with E-state index in [1.807, 2.05) is 0 Å². The summed E-state index contributed by atoms with van der Waals surface area (Å²) in [7, 11) is 0. The number of rotatable bonds is 0. The zero-order valence-corrected chi connectivity index (χ0v) is 4.05. The van der Waals surface area contributed by atoms with E-state index in [0.29, 0.717) is 0 Å². The maximum absolute atomic E-state index is 4.84. The van der Waals surface area contributed by atoms with Crippen molar-refractivity contribution < 1.29 is 4.74 Å². The minimum absolute atomic E-state index is 0.788. The standard InChI is InChI=1S/C4H8N2O/c1-2-5-6-4-7-3-1/h4-5H,1-3H2. The van der Waals surface area contributed by atoms with Crippen molar-refractivity contribution in [3.8, 4) is 0 Å². The Balaban J connectivity index is 2.20. The van der Waals surface area contributed by atoms with E-state index >= 15 is 0 Å². The van der Waals surface area contributed by atoms with Crippen LogP contribution in [0.1, 0.15) is 6.42 Å². The Morgan fingerprint density at radius 1 is 1.71 bits per heavy atom. The predicted molar refractivity (Wildman–Crippen MR) is 27.1 cm³/mol. The lowest BCUT2D eigenvalue weighted by atomic mass is 10.5. The number of hydrogen-bond acceptors (Lipinski definition) is 3. The Morgan fingerprint density at radius 2 is 2.71 bits per heavy atom. The quantitative estimate of drug-likeness (QED) is 0.462. The minimum atomic E-state index is 0.788. The molecule has 0 aromatic rings. The van der Waals surface area contributed by atoms with Gasteiger partial charge in [0.2, 0.25) is 0 Å². The van der Waals surface area contributed by atoms with E-state index in [9.17, 15) is 0 Å². The van der Waals surface area contributed by atoms with Gasteiger partial charge < -0.3 is 10.2 Å². The van der Waals surface area contributed by atoms with Crippen LogP contribution in [0, 0.1) is 0 Å². The first kappa shape index (κ1) is 4.43. The first-order chi connectivity index (χ1) is 3.50. The molecular formula is C4H8N2O. The fourth-order valence-electron chi connectivity index (χ4n) is 0.426. The van der Waals surface area contributed by atoms with Crippen molar-refractivity contribution in [2.24, 2.45) is 5.10 Å². The van der Waals surface area contributed by atoms with Crippen LogP contribution in [-0.4, -0.2) is 19.6 Å². The van der Waals surface area contributed by atoms with Crippen LogP contribution in [0.3, 0.4) is 0 Å². The van der Waals surface area contributed by atoms with Crippen LogP contribution >= 0.6 is 0 Å². The average Bonchev–Trinajstić information content (AvgIpc) is 1.90. The molecule has 1 rings (SSSR count). The third-order valence-electron chi connectivity index (χ3n) is 0.769. The number of nitrogens with one attached hydrogen (secondary N) is 1. The third kappa shape index (κ3) is 1.43. The first-order valence-electron chi connectivity index (χ1n) is 2.36. The molecule has 0 bridgehead atoms. The molecule has 40 valence electrons. The average molecular weight is 100 g/mol. The summed E-state index contributed by atoms with van der Waals surface area (Å²) < 4.78 is 4.84. The van der Waals surface area contributed by atoms with Gasteiger partial charge in [-0.3, -0.25) is 0 Å². The smallest absolute Gasteiger partial charge is 0.192 e. The van der Waals surface area contributed by atoms with Gasteiger partial charge in [0.05, 0.1) is 6.61 Å². The molecule has 3 nitrogen and oxygen atoms in total. The fraction of sp³-hybridized carbons (Fsp3) is 0.750. The molecule has 0 saturated heterocycles. The van der Waals surface area contributed by atoms with Crippen LogP contribution in [0.4, 0.5) is 0 Å². The molecule has 0 amide bonds. The Kier molecular flexibility index (Phi) is 1.55. The second kappa shape index (κ2) is 2.44. The lowest BCUT2D eigenvalue weighted by Crippen LogP contribution is -2.04. The van der Waals surface area contributed by atoms with Gasteiger partial charge in [-0.2, -0.15) is 5.10 Å². The summed E-state index contributed by atoms with van der Waals surface area (Å²) >= 11 is 0. The largest absolute Gasteiger partial charge is 0.482 e. The van der Waals surface area contributed by atoms with Crippen molar-refractivity contribution in [1.82, 2.24) is 5.43 Å². The van der Waals surface area contributed by atoms with Crippen molar-refractivity contribution in [3.05, 3.63) is 0 Å². The van der Waals surface area contributed by atoms with Crippen LogP contribution in [0.5, 0.6) is 0 Å². The molecule has 0 fully saturated rings. The van der Waals surface area contributed by atoms with Crippen LogP contribution in [0.2, 0.25) is 0 Å².